The summed E-state index contributed by atoms with van der Waals surface area (Å²) in [7, 11) is 0. The molecule has 0 fully saturated rings. The largest absolute Gasteiger partial charge is 0.319 e. The number of benzene rings is 2. The number of nitrogen functional groups attached to an aromatic ring is 1. The SMILES string of the molecule is NNc1c(F)cc(C(=O)Nc2cccc(F)c2F)cc1F. The molecule has 21 heavy (non-hydrogen) atoms. The van der Waals surface area contributed by atoms with Crippen LogP contribution < -0.4 is 16.6 Å². The van der Waals surface area contributed by atoms with Gasteiger partial charge < -0.3 is 10.7 Å². The van der Waals surface area contributed by atoms with E-state index in [1.54, 1.807) is 5.43 Å². The Morgan fingerprint density at radius 3 is 2.19 bits per heavy atom. The molecule has 0 aliphatic carbocycles. The molecule has 0 aliphatic heterocycles. The van der Waals surface area contributed by atoms with Crippen LogP contribution in [-0.2, 0) is 0 Å². The van der Waals surface area contributed by atoms with E-state index >= 15 is 0 Å². The lowest BCUT2D eigenvalue weighted by molar-refractivity contribution is 0.102. The maximum Gasteiger partial charge on any atom is 0.255 e. The van der Waals surface area contributed by atoms with Crippen molar-refractivity contribution in [2.45, 2.75) is 0 Å². The van der Waals surface area contributed by atoms with Crippen molar-refractivity contribution in [1.29, 1.82) is 0 Å². The summed E-state index contributed by atoms with van der Waals surface area (Å²) in [6.07, 6.45) is 0. The van der Waals surface area contributed by atoms with Crippen molar-refractivity contribution in [3.8, 4) is 0 Å². The van der Waals surface area contributed by atoms with Crippen molar-refractivity contribution in [3.63, 3.8) is 0 Å². The van der Waals surface area contributed by atoms with Gasteiger partial charge in [0.2, 0.25) is 0 Å². The smallest absolute Gasteiger partial charge is 0.255 e. The minimum atomic E-state index is -1.27. The van der Waals surface area contributed by atoms with Crippen LogP contribution in [0.2, 0.25) is 0 Å². The molecule has 4 N–H and O–H groups in total. The summed E-state index contributed by atoms with van der Waals surface area (Å²) >= 11 is 0. The van der Waals surface area contributed by atoms with Crippen LogP contribution >= 0.6 is 0 Å². The van der Waals surface area contributed by atoms with Gasteiger partial charge in [-0.2, -0.15) is 0 Å². The van der Waals surface area contributed by atoms with Crippen molar-refractivity contribution in [1.82, 2.24) is 0 Å². The molecular weight excluding hydrogens is 290 g/mol. The highest BCUT2D eigenvalue weighted by Gasteiger charge is 2.16. The van der Waals surface area contributed by atoms with E-state index < -0.39 is 46.1 Å². The molecule has 0 aliphatic rings. The highest BCUT2D eigenvalue weighted by molar-refractivity contribution is 6.04. The Balaban J connectivity index is 2.31. The predicted octanol–water partition coefficient (Wildman–Crippen LogP) is 2.78. The standard InChI is InChI=1S/C13H9F4N3O/c14-7-2-1-3-10(11(7)17)19-13(21)6-4-8(15)12(20-18)9(16)5-6/h1-5,20H,18H2,(H,19,21). The fourth-order valence-electron chi connectivity index (χ4n) is 1.64. The summed E-state index contributed by atoms with van der Waals surface area (Å²) in [6, 6.07) is 4.58. The zero-order chi connectivity index (χ0) is 15.6. The maximum absolute atomic E-state index is 13.5. The van der Waals surface area contributed by atoms with Crippen molar-refractivity contribution in [2.24, 2.45) is 5.84 Å². The Morgan fingerprint density at radius 1 is 1.00 bits per heavy atom. The molecule has 8 heteroatoms. The summed E-state index contributed by atoms with van der Waals surface area (Å²) in [4.78, 5) is 11.8. The molecule has 2 rings (SSSR count). The number of hydrogen-bond acceptors (Lipinski definition) is 3. The molecule has 0 unspecified atom stereocenters. The Hall–Kier alpha value is -2.61. The second-order valence-corrected chi connectivity index (χ2v) is 4.01. The van der Waals surface area contributed by atoms with Gasteiger partial charge in [-0.05, 0) is 24.3 Å². The number of nitrogens with two attached hydrogens (primary N) is 1. The van der Waals surface area contributed by atoms with Gasteiger partial charge >= 0.3 is 0 Å². The fourth-order valence-corrected chi connectivity index (χ4v) is 1.64. The molecule has 2 aromatic rings. The molecule has 0 atom stereocenters. The van der Waals surface area contributed by atoms with Gasteiger partial charge in [0.25, 0.3) is 5.91 Å². The minimum Gasteiger partial charge on any atom is -0.319 e. The first-order chi connectivity index (χ1) is 9.93. The lowest BCUT2D eigenvalue weighted by atomic mass is 10.1. The lowest BCUT2D eigenvalue weighted by Gasteiger charge is -2.09. The summed E-state index contributed by atoms with van der Waals surface area (Å²) < 4.78 is 53.3. The number of amides is 1. The van der Waals surface area contributed by atoms with Gasteiger partial charge in [0.1, 0.15) is 5.69 Å². The number of anilines is 2. The van der Waals surface area contributed by atoms with Crippen LogP contribution in [0.4, 0.5) is 28.9 Å². The van der Waals surface area contributed by atoms with Gasteiger partial charge in [-0.1, -0.05) is 6.07 Å². The molecule has 0 bridgehead atoms. The predicted molar refractivity (Wildman–Crippen MR) is 68.5 cm³/mol. The second-order valence-electron chi connectivity index (χ2n) is 4.01. The quantitative estimate of drug-likeness (QED) is 0.464. The van der Waals surface area contributed by atoms with Gasteiger partial charge in [0.15, 0.2) is 23.3 Å². The molecule has 0 spiro atoms. The molecule has 0 aromatic heterocycles. The summed E-state index contributed by atoms with van der Waals surface area (Å²) in [6.45, 7) is 0. The van der Waals surface area contributed by atoms with Gasteiger partial charge in [-0.3, -0.25) is 10.6 Å². The molecule has 4 nitrogen and oxygen atoms in total. The first kappa shape index (κ1) is 14.8. The van der Waals surface area contributed by atoms with Crippen molar-refractivity contribution in [2.75, 3.05) is 10.7 Å². The molecular formula is C13H9F4N3O. The number of hydrogen-bond donors (Lipinski definition) is 3. The first-order valence-electron chi connectivity index (χ1n) is 5.65. The third-order valence-corrected chi connectivity index (χ3v) is 2.65. The van der Waals surface area contributed by atoms with Crippen LogP contribution in [0.3, 0.4) is 0 Å². The Morgan fingerprint density at radius 2 is 1.62 bits per heavy atom. The molecule has 0 saturated heterocycles. The van der Waals surface area contributed by atoms with E-state index in [2.05, 4.69) is 0 Å². The normalized spacial score (nSPS) is 10.3. The average molecular weight is 299 g/mol. The minimum absolute atomic E-state index is 0.410. The number of nitrogens with one attached hydrogen (secondary N) is 2. The number of carbonyl (C=O) groups excluding carboxylic acids is 1. The molecule has 0 heterocycles. The maximum atomic E-state index is 13.5. The van der Waals surface area contributed by atoms with E-state index in [9.17, 15) is 22.4 Å². The van der Waals surface area contributed by atoms with Crippen molar-refractivity contribution < 1.29 is 22.4 Å². The van der Waals surface area contributed by atoms with Crippen LogP contribution in [0.1, 0.15) is 10.4 Å². The summed E-state index contributed by atoms with van der Waals surface area (Å²) in [5.74, 6) is -0.704. The van der Waals surface area contributed by atoms with E-state index in [0.29, 0.717) is 12.1 Å². The number of carbonyl (C=O) groups is 1. The molecule has 0 radical (unpaired) electrons. The van der Waals surface area contributed by atoms with Crippen molar-refractivity contribution in [3.05, 3.63) is 59.2 Å². The average Bonchev–Trinajstić information content (AvgIpc) is 2.43. The van der Waals surface area contributed by atoms with Gasteiger partial charge in [-0.25, -0.2) is 17.6 Å². The highest BCUT2D eigenvalue weighted by Crippen LogP contribution is 2.22. The Labute approximate surface area is 116 Å². The van der Waals surface area contributed by atoms with E-state index in [1.807, 2.05) is 5.32 Å². The van der Waals surface area contributed by atoms with E-state index in [-0.39, 0.29) is 0 Å². The van der Waals surface area contributed by atoms with Crippen LogP contribution in [-0.4, -0.2) is 5.91 Å². The summed E-state index contributed by atoms with van der Waals surface area (Å²) in [5, 5.41) is 2.02. The lowest BCUT2D eigenvalue weighted by Crippen LogP contribution is -2.16. The van der Waals surface area contributed by atoms with Crippen molar-refractivity contribution >= 4 is 17.3 Å². The third kappa shape index (κ3) is 2.95. The van der Waals surface area contributed by atoms with Crippen LogP contribution in [0.5, 0.6) is 0 Å². The molecule has 110 valence electrons. The van der Waals surface area contributed by atoms with E-state index in [1.165, 1.54) is 6.07 Å². The number of rotatable bonds is 3. The molecule has 0 saturated carbocycles. The zero-order valence-electron chi connectivity index (χ0n) is 10.4. The van der Waals surface area contributed by atoms with E-state index in [4.69, 9.17) is 5.84 Å². The number of halogens is 4. The fraction of sp³-hybridized carbons (Fsp3) is 0. The topological polar surface area (TPSA) is 67.1 Å². The second kappa shape index (κ2) is 5.80. The van der Waals surface area contributed by atoms with Crippen LogP contribution in [0.25, 0.3) is 0 Å². The highest BCUT2D eigenvalue weighted by atomic mass is 19.2. The summed E-state index contributed by atoms with van der Waals surface area (Å²) in [5.41, 5.74) is 0.344. The van der Waals surface area contributed by atoms with Gasteiger partial charge in [-0.15, -0.1) is 0 Å². The van der Waals surface area contributed by atoms with Crippen LogP contribution in [0.15, 0.2) is 30.3 Å². The molecule has 2 aromatic carbocycles. The Kier molecular flexibility index (Phi) is 4.08. The van der Waals surface area contributed by atoms with E-state index in [0.717, 1.165) is 12.1 Å². The Bertz CT molecular complexity index is 683. The third-order valence-electron chi connectivity index (χ3n) is 2.65. The van der Waals surface area contributed by atoms with Crippen LogP contribution in [0, 0.1) is 23.3 Å². The molecule has 1 amide bonds. The van der Waals surface area contributed by atoms with Gasteiger partial charge in [0, 0.05) is 5.56 Å². The first-order valence-corrected chi connectivity index (χ1v) is 5.65. The zero-order valence-corrected chi connectivity index (χ0v) is 10.4. The monoisotopic (exact) mass is 299 g/mol. The van der Waals surface area contributed by atoms with Gasteiger partial charge in [0.05, 0.1) is 5.69 Å². The number of hydrazine groups is 1.